The summed E-state index contributed by atoms with van der Waals surface area (Å²) in [6.07, 6.45) is 0.900. The van der Waals surface area contributed by atoms with Gasteiger partial charge in [-0.3, -0.25) is 0 Å². The monoisotopic (exact) mass is 208 g/mol. The van der Waals surface area contributed by atoms with Gasteiger partial charge in [-0.05, 0) is 12.5 Å². The molecule has 15 heavy (non-hydrogen) atoms. The van der Waals surface area contributed by atoms with Gasteiger partial charge < -0.3 is 4.74 Å². The summed E-state index contributed by atoms with van der Waals surface area (Å²) in [4.78, 5) is 11.0. The summed E-state index contributed by atoms with van der Waals surface area (Å²) in [6, 6.07) is 9.66. The van der Waals surface area contributed by atoms with Crippen LogP contribution in [-0.4, -0.2) is 12.6 Å². The van der Waals surface area contributed by atoms with Crippen molar-refractivity contribution in [2.75, 3.05) is 6.61 Å². The Kier molecular flexibility index (Phi) is 4.54. The van der Waals surface area contributed by atoms with Gasteiger partial charge in [0, 0.05) is 6.42 Å². The van der Waals surface area contributed by atoms with Gasteiger partial charge in [0.2, 0.25) is 0 Å². The van der Waals surface area contributed by atoms with Crippen molar-refractivity contribution in [2.45, 2.75) is 13.3 Å². The normalized spacial score (nSPS) is 11.2. The zero-order valence-electron chi connectivity index (χ0n) is 8.57. The van der Waals surface area contributed by atoms with Crippen molar-refractivity contribution in [2.24, 2.45) is 0 Å². The van der Waals surface area contributed by atoms with Gasteiger partial charge in [-0.15, -0.1) is 0 Å². The van der Waals surface area contributed by atoms with E-state index in [1.165, 1.54) is 6.92 Å². The van der Waals surface area contributed by atoms with E-state index in [2.05, 4.69) is 0 Å². The van der Waals surface area contributed by atoms with Gasteiger partial charge in [0.1, 0.15) is 0 Å². The lowest BCUT2D eigenvalue weighted by molar-refractivity contribution is -0.138. The highest BCUT2D eigenvalue weighted by molar-refractivity contribution is 5.87. The molecule has 0 aliphatic rings. The van der Waals surface area contributed by atoms with E-state index in [-0.39, 0.29) is 18.5 Å². The van der Waals surface area contributed by atoms with Crippen LogP contribution < -0.4 is 0 Å². The molecule has 1 aromatic carbocycles. The fraction of sp³-hybridized carbons (Fsp3) is 0.250. The highest BCUT2D eigenvalue weighted by Gasteiger charge is 2.04. The molecule has 3 heteroatoms. The Labute approximate surface area is 88.4 Å². The fourth-order valence-corrected chi connectivity index (χ4v) is 1.06. The molecular weight excluding hydrogens is 195 g/mol. The number of ether oxygens (including phenoxy) is 1. The largest absolute Gasteiger partial charge is 0.462 e. The maximum Gasteiger partial charge on any atom is 0.336 e. The molecule has 0 amide bonds. The summed E-state index contributed by atoms with van der Waals surface area (Å²) in [5.74, 6) is -0.603. The van der Waals surface area contributed by atoms with Gasteiger partial charge in [0.05, 0.1) is 18.5 Å². The highest BCUT2D eigenvalue weighted by atomic mass is 19.1. The molecule has 0 radical (unpaired) electrons. The number of carbonyl (C=O) groups excluding carboxylic acids is 1. The minimum absolute atomic E-state index is 0.0111. The van der Waals surface area contributed by atoms with Crippen molar-refractivity contribution in [3.63, 3.8) is 0 Å². The second-order valence-corrected chi connectivity index (χ2v) is 3.16. The Morgan fingerprint density at radius 3 is 2.67 bits per heavy atom. The van der Waals surface area contributed by atoms with E-state index in [9.17, 15) is 9.18 Å². The number of halogens is 1. The summed E-state index contributed by atoms with van der Waals surface area (Å²) >= 11 is 0. The molecule has 0 heterocycles. The first-order valence-corrected chi connectivity index (χ1v) is 4.72. The lowest BCUT2D eigenvalue weighted by Crippen LogP contribution is -2.08. The minimum Gasteiger partial charge on any atom is -0.462 e. The first kappa shape index (κ1) is 11.4. The molecule has 0 bridgehead atoms. The molecule has 0 spiro atoms. The van der Waals surface area contributed by atoms with Crippen LogP contribution in [0.25, 0.3) is 0 Å². The van der Waals surface area contributed by atoms with E-state index in [1.54, 1.807) is 0 Å². The van der Waals surface area contributed by atoms with Crippen molar-refractivity contribution in [3.8, 4) is 0 Å². The van der Waals surface area contributed by atoms with Crippen LogP contribution in [-0.2, 0) is 16.0 Å². The lowest BCUT2D eigenvalue weighted by Gasteiger charge is -2.03. The smallest absolute Gasteiger partial charge is 0.336 e. The predicted molar refractivity (Wildman–Crippen MR) is 56.0 cm³/mol. The van der Waals surface area contributed by atoms with Crippen molar-refractivity contribution in [1.29, 1.82) is 0 Å². The van der Waals surface area contributed by atoms with Crippen molar-refractivity contribution in [3.05, 3.63) is 47.8 Å². The van der Waals surface area contributed by atoms with Gasteiger partial charge in [-0.1, -0.05) is 30.3 Å². The van der Waals surface area contributed by atoms with E-state index in [0.717, 1.165) is 5.56 Å². The van der Waals surface area contributed by atoms with Gasteiger partial charge in [-0.2, -0.15) is 0 Å². The number of rotatable bonds is 4. The Hall–Kier alpha value is -1.64. The van der Waals surface area contributed by atoms with Crippen LogP contribution in [0.1, 0.15) is 12.5 Å². The average Bonchev–Trinajstić information content (AvgIpc) is 2.29. The first-order valence-electron chi connectivity index (χ1n) is 4.72. The summed E-state index contributed by atoms with van der Waals surface area (Å²) in [6.45, 7) is 1.65. The molecule has 0 unspecified atom stereocenters. The average molecular weight is 208 g/mol. The zero-order chi connectivity index (χ0) is 11.1. The SMILES string of the molecule is C/C(=C\F)C(=O)OCCc1ccccc1. The molecule has 0 aliphatic heterocycles. The molecule has 0 fully saturated rings. The molecule has 0 saturated heterocycles. The van der Waals surface area contributed by atoms with Gasteiger partial charge in [0.15, 0.2) is 0 Å². The number of hydrogen-bond donors (Lipinski definition) is 0. The summed E-state index contributed by atoms with van der Waals surface area (Å²) in [5, 5.41) is 0. The van der Waals surface area contributed by atoms with E-state index in [0.29, 0.717) is 6.42 Å². The molecule has 0 aliphatic carbocycles. The minimum atomic E-state index is -0.603. The molecular formula is C12H13FO2. The van der Waals surface area contributed by atoms with Crippen LogP contribution in [0.15, 0.2) is 42.2 Å². The standard InChI is InChI=1S/C12H13FO2/c1-10(9-13)12(14)15-8-7-11-5-3-2-4-6-11/h2-6,9H,7-8H2,1H3/b10-9+. The Balaban J connectivity index is 2.31. The maximum atomic E-state index is 11.9. The fourth-order valence-electron chi connectivity index (χ4n) is 1.06. The molecule has 0 atom stereocenters. The van der Waals surface area contributed by atoms with E-state index in [4.69, 9.17) is 4.74 Å². The van der Waals surface area contributed by atoms with Crippen LogP contribution >= 0.6 is 0 Å². The molecule has 0 aromatic heterocycles. The molecule has 0 saturated carbocycles. The Morgan fingerprint density at radius 1 is 1.40 bits per heavy atom. The van der Waals surface area contributed by atoms with Gasteiger partial charge in [-0.25, -0.2) is 9.18 Å². The van der Waals surface area contributed by atoms with Crippen molar-refractivity contribution < 1.29 is 13.9 Å². The third kappa shape index (κ3) is 3.94. The second kappa shape index (κ2) is 5.96. The van der Waals surface area contributed by atoms with Gasteiger partial charge >= 0.3 is 5.97 Å². The van der Waals surface area contributed by atoms with Crippen molar-refractivity contribution >= 4 is 5.97 Å². The van der Waals surface area contributed by atoms with E-state index in [1.807, 2.05) is 30.3 Å². The summed E-state index contributed by atoms with van der Waals surface area (Å²) in [7, 11) is 0. The first-order chi connectivity index (χ1) is 7.24. The lowest BCUT2D eigenvalue weighted by atomic mass is 10.2. The maximum absolute atomic E-state index is 11.9. The quantitative estimate of drug-likeness (QED) is 0.561. The number of benzene rings is 1. The number of hydrogen-bond acceptors (Lipinski definition) is 2. The van der Waals surface area contributed by atoms with Gasteiger partial charge in [0.25, 0.3) is 0 Å². The van der Waals surface area contributed by atoms with Crippen LogP contribution in [0.2, 0.25) is 0 Å². The third-order valence-corrected chi connectivity index (χ3v) is 1.95. The molecule has 80 valence electrons. The summed E-state index contributed by atoms with van der Waals surface area (Å²) < 4.78 is 16.8. The van der Waals surface area contributed by atoms with Crippen molar-refractivity contribution in [1.82, 2.24) is 0 Å². The molecule has 0 N–H and O–H groups in total. The van der Waals surface area contributed by atoms with Crippen LogP contribution in [0.3, 0.4) is 0 Å². The van der Waals surface area contributed by atoms with Crippen LogP contribution in [0.5, 0.6) is 0 Å². The Morgan fingerprint density at radius 2 is 2.07 bits per heavy atom. The van der Waals surface area contributed by atoms with E-state index < -0.39 is 5.97 Å². The third-order valence-electron chi connectivity index (χ3n) is 1.95. The number of esters is 1. The number of carbonyl (C=O) groups is 1. The summed E-state index contributed by atoms with van der Waals surface area (Å²) in [5.41, 5.74) is 1.08. The second-order valence-electron chi connectivity index (χ2n) is 3.16. The molecule has 1 aromatic rings. The van der Waals surface area contributed by atoms with Crippen LogP contribution in [0.4, 0.5) is 4.39 Å². The topological polar surface area (TPSA) is 26.3 Å². The molecule has 1 rings (SSSR count). The Bertz CT molecular complexity index is 344. The zero-order valence-corrected chi connectivity index (χ0v) is 8.57. The predicted octanol–water partition coefficient (Wildman–Crippen LogP) is 2.65. The highest BCUT2D eigenvalue weighted by Crippen LogP contribution is 2.02. The van der Waals surface area contributed by atoms with Crippen LogP contribution in [0, 0.1) is 0 Å². The van der Waals surface area contributed by atoms with E-state index >= 15 is 0 Å². The molecule has 2 nitrogen and oxygen atoms in total.